The van der Waals surface area contributed by atoms with Crippen LogP contribution >= 0.6 is 0 Å². The van der Waals surface area contributed by atoms with Crippen LogP contribution in [0, 0.1) is 6.92 Å². The first-order chi connectivity index (χ1) is 10.0. The summed E-state index contributed by atoms with van der Waals surface area (Å²) in [7, 11) is 0. The highest BCUT2D eigenvalue weighted by atomic mass is 16.3. The van der Waals surface area contributed by atoms with E-state index in [-0.39, 0.29) is 12.6 Å². The largest absolute Gasteiger partial charge is 0.396 e. The second kappa shape index (κ2) is 6.72. The summed E-state index contributed by atoms with van der Waals surface area (Å²) in [6.45, 7) is 4.45. The van der Waals surface area contributed by atoms with Gasteiger partial charge in [-0.25, -0.2) is 0 Å². The Balaban J connectivity index is 2.02. The highest BCUT2D eigenvalue weighted by Gasteiger charge is 2.29. The fraction of sp³-hybridized carbons (Fsp3) is 0.500. The summed E-state index contributed by atoms with van der Waals surface area (Å²) >= 11 is 0. The van der Waals surface area contributed by atoms with E-state index >= 15 is 0 Å². The smallest absolute Gasteiger partial charge is 0.316 e. The molecular weight excluding hydrogens is 268 g/mol. The number of rotatable bonds is 4. The average Bonchev–Trinajstić information content (AvgIpc) is 2.87. The number of nitrogens with zero attached hydrogens (tertiary/aromatic N) is 1. The van der Waals surface area contributed by atoms with E-state index in [9.17, 15) is 9.59 Å². The topological polar surface area (TPSA) is 69.6 Å². The second-order valence-corrected chi connectivity index (χ2v) is 5.58. The molecule has 1 aliphatic rings. The van der Waals surface area contributed by atoms with Crippen molar-refractivity contribution in [3.05, 3.63) is 29.3 Å². The van der Waals surface area contributed by atoms with Gasteiger partial charge in [0, 0.05) is 24.9 Å². The Labute approximate surface area is 125 Å². The van der Waals surface area contributed by atoms with Gasteiger partial charge in [0.25, 0.3) is 0 Å². The summed E-state index contributed by atoms with van der Waals surface area (Å²) in [6.07, 6.45) is 2.06. The summed E-state index contributed by atoms with van der Waals surface area (Å²) in [5, 5.41) is 11.5. The van der Waals surface area contributed by atoms with Crippen molar-refractivity contribution < 1.29 is 14.7 Å². The van der Waals surface area contributed by atoms with Crippen LogP contribution in [0.3, 0.4) is 0 Å². The van der Waals surface area contributed by atoms with Crippen LogP contribution in [0.1, 0.15) is 30.9 Å². The quantitative estimate of drug-likeness (QED) is 0.818. The molecule has 1 unspecified atom stereocenters. The van der Waals surface area contributed by atoms with Crippen molar-refractivity contribution in [3.63, 3.8) is 0 Å². The minimum atomic E-state index is -0.574. The van der Waals surface area contributed by atoms with Gasteiger partial charge < -0.3 is 15.3 Å². The molecule has 2 N–H and O–H groups in total. The van der Waals surface area contributed by atoms with Crippen molar-refractivity contribution >= 4 is 17.5 Å². The van der Waals surface area contributed by atoms with Crippen molar-refractivity contribution in [3.8, 4) is 0 Å². The number of hydrogen-bond acceptors (Lipinski definition) is 3. The molecular formula is C16H22N2O3. The molecule has 5 nitrogen and oxygen atoms in total. The minimum absolute atomic E-state index is 0.0902. The lowest BCUT2D eigenvalue weighted by atomic mass is 10.1. The van der Waals surface area contributed by atoms with Crippen LogP contribution in [0.5, 0.6) is 0 Å². The zero-order valence-corrected chi connectivity index (χ0v) is 12.6. The number of hydrogen-bond donors (Lipinski definition) is 2. The molecule has 0 bridgehead atoms. The fourth-order valence-corrected chi connectivity index (χ4v) is 2.58. The number of aliphatic hydroxyl groups is 1. The van der Waals surface area contributed by atoms with Gasteiger partial charge in [-0.2, -0.15) is 0 Å². The molecule has 0 aromatic heterocycles. The van der Waals surface area contributed by atoms with Crippen molar-refractivity contribution in [2.75, 3.05) is 18.1 Å². The molecule has 21 heavy (non-hydrogen) atoms. The zero-order valence-electron chi connectivity index (χ0n) is 12.6. The Kier molecular flexibility index (Phi) is 4.96. The molecule has 1 aromatic rings. The van der Waals surface area contributed by atoms with E-state index in [4.69, 9.17) is 5.11 Å². The molecule has 0 radical (unpaired) electrons. The molecule has 5 heteroatoms. The maximum atomic E-state index is 12.3. The Morgan fingerprint density at radius 1 is 1.43 bits per heavy atom. The molecule has 1 heterocycles. The van der Waals surface area contributed by atoms with Gasteiger partial charge in [0.05, 0.1) is 0 Å². The normalized spacial score (nSPS) is 14.7. The van der Waals surface area contributed by atoms with Gasteiger partial charge in [-0.1, -0.05) is 12.1 Å². The highest BCUT2D eigenvalue weighted by molar-refractivity contribution is 6.40. The third-order valence-corrected chi connectivity index (χ3v) is 3.75. The molecule has 2 rings (SSSR count). The number of carbonyl (C=O) groups is 2. The van der Waals surface area contributed by atoms with Crippen LogP contribution < -0.4 is 10.2 Å². The molecule has 0 fully saturated rings. The fourth-order valence-electron chi connectivity index (χ4n) is 2.58. The first-order valence-electron chi connectivity index (χ1n) is 7.35. The summed E-state index contributed by atoms with van der Waals surface area (Å²) in [5.74, 6) is -1.08. The van der Waals surface area contributed by atoms with Crippen LogP contribution in [0.2, 0.25) is 0 Å². The Morgan fingerprint density at radius 3 is 2.90 bits per heavy atom. The van der Waals surface area contributed by atoms with Crippen molar-refractivity contribution in [1.29, 1.82) is 0 Å². The average molecular weight is 290 g/mol. The number of nitrogens with one attached hydrogen (secondary N) is 1. The first kappa shape index (κ1) is 15.5. The van der Waals surface area contributed by atoms with Crippen LogP contribution in [0.15, 0.2) is 18.2 Å². The molecule has 0 saturated carbocycles. The van der Waals surface area contributed by atoms with E-state index < -0.39 is 11.8 Å². The lowest BCUT2D eigenvalue weighted by molar-refractivity contribution is -0.138. The Morgan fingerprint density at radius 2 is 2.19 bits per heavy atom. The molecule has 0 aliphatic carbocycles. The first-order valence-corrected chi connectivity index (χ1v) is 7.35. The number of aliphatic hydroxyl groups excluding tert-OH is 1. The SMILES string of the molecule is Cc1ccc2c(c1)N(C(=O)C(=O)NC(C)CCCO)CC2. The van der Waals surface area contributed by atoms with Crippen LogP contribution in [0.4, 0.5) is 5.69 Å². The molecule has 1 atom stereocenters. The number of amides is 2. The van der Waals surface area contributed by atoms with Gasteiger partial charge in [0.1, 0.15) is 0 Å². The summed E-state index contributed by atoms with van der Waals surface area (Å²) < 4.78 is 0. The molecule has 0 saturated heterocycles. The van der Waals surface area contributed by atoms with E-state index in [1.807, 2.05) is 32.0 Å². The number of aryl methyl sites for hydroxylation is 1. The van der Waals surface area contributed by atoms with Gasteiger partial charge in [0.2, 0.25) is 0 Å². The predicted molar refractivity (Wildman–Crippen MR) is 81.2 cm³/mol. The van der Waals surface area contributed by atoms with E-state index in [0.717, 1.165) is 23.2 Å². The third-order valence-electron chi connectivity index (χ3n) is 3.75. The van der Waals surface area contributed by atoms with E-state index in [1.54, 1.807) is 4.90 Å². The Hall–Kier alpha value is -1.88. The van der Waals surface area contributed by atoms with Crippen LogP contribution in [-0.2, 0) is 16.0 Å². The molecule has 0 spiro atoms. The minimum Gasteiger partial charge on any atom is -0.396 e. The molecule has 1 aromatic carbocycles. The molecule has 2 amide bonds. The van der Waals surface area contributed by atoms with Crippen molar-refractivity contribution in [2.45, 2.75) is 39.2 Å². The summed E-state index contributed by atoms with van der Waals surface area (Å²) in [6, 6.07) is 5.86. The van der Waals surface area contributed by atoms with Crippen molar-refractivity contribution in [1.82, 2.24) is 5.32 Å². The standard InChI is InChI=1S/C16H22N2O3/c1-11-5-6-13-7-8-18(14(13)10-11)16(21)15(20)17-12(2)4-3-9-19/h5-6,10,12,19H,3-4,7-9H2,1-2H3,(H,17,20). The number of benzene rings is 1. The lowest BCUT2D eigenvalue weighted by Gasteiger charge is -2.19. The second-order valence-electron chi connectivity index (χ2n) is 5.58. The molecule has 1 aliphatic heterocycles. The van der Waals surface area contributed by atoms with Gasteiger partial charge in [-0.15, -0.1) is 0 Å². The van der Waals surface area contributed by atoms with E-state index in [1.165, 1.54) is 0 Å². The van der Waals surface area contributed by atoms with Crippen molar-refractivity contribution in [2.24, 2.45) is 0 Å². The van der Waals surface area contributed by atoms with Gasteiger partial charge in [-0.3, -0.25) is 9.59 Å². The zero-order chi connectivity index (χ0) is 15.4. The monoisotopic (exact) mass is 290 g/mol. The molecule has 114 valence electrons. The summed E-state index contributed by atoms with van der Waals surface area (Å²) in [5.41, 5.74) is 3.03. The van der Waals surface area contributed by atoms with Gasteiger partial charge in [0.15, 0.2) is 0 Å². The number of carbonyl (C=O) groups excluding carboxylic acids is 2. The number of fused-ring (bicyclic) bond motifs is 1. The summed E-state index contributed by atoms with van der Waals surface area (Å²) in [4.78, 5) is 25.9. The predicted octanol–water partition coefficient (Wildman–Crippen LogP) is 1.16. The Bertz CT molecular complexity index is 542. The van der Waals surface area contributed by atoms with Crippen LogP contribution in [-0.4, -0.2) is 36.1 Å². The lowest BCUT2D eigenvalue weighted by Crippen LogP contribution is -2.45. The van der Waals surface area contributed by atoms with E-state index in [2.05, 4.69) is 5.32 Å². The maximum absolute atomic E-state index is 12.3. The highest BCUT2D eigenvalue weighted by Crippen LogP contribution is 2.28. The van der Waals surface area contributed by atoms with E-state index in [0.29, 0.717) is 19.4 Å². The van der Waals surface area contributed by atoms with Gasteiger partial charge in [-0.05, 0) is 50.3 Å². The maximum Gasteiger partial charge on any atom is 0.316 e. The van der Waals surface area contributed by atoms with Crippen LogP contribution in [0.25, 0.3) is 0 Å². The third kappa shape index (κ3) is 3.61. The van der Waals surface area contributed by atoms with Gasteiger partial charge >= 0.3 is 11.8 Å². The number of anilines is 1.